The molecule has 21 heavy (non-hydrogen) atoms. The molecule has 1 aromatic heterocycles. The zero-order valence-corrected chi connectivity index (χ0v) is 11.1. The van der Waals surface area contributed by atoms with Gasteiger partial charge in [-0.2, -0.15) is 13.2 Å². The number of alkyl halides is 3. The lowest BCUT2D eigenvalue weighted by atomic mass is 10.1. The van der Waals surface area contributed by atoms with Gasteiger partial charge >= 0.3 is 6.18 Å². The maximum absolute atomic E-state index is 12.5. The van der Waals surface area contributed by atoms with Crippen molar-refractivity contribution in [1.29, 1.82) is 0 Å². The van der Waals surface area contributed by atoms with Crippen LogP contribution in [-0.4, -0.2) is 37.2 Å². The Bertz CT molecular complexity index is 633. The second-order valence-corrected chi connectivity index (χ2v) is 4.41. The van der Waals surface area contributed by atoms with Gasteiger partial charge in [0, 0.05) is 24.7 Å². The zero-order chi connectivity index (χ0) is 15.6. The molecular weight excluding hydrogens is 291 g/mol. The van der Waals surface area contributed by atoms with Gasteiger partial charge in [0.1, 0.15) is 6.26 Å². The van der Waals surface area contributed by atoms with Crippen molar-refractivity contribution in [3.05, 3.63) is 40.0 Å². The summed E-state index contributed by atoms with van der Waals surface area (Å²) in [6.45, 7) is -0.261. The number of carbonyl (C=O) groups excluding carboxylic acids is 1. The summed E-state index contributed by atoms with van der Waals surface area (Å²) < 4.78 is 47.1. The van der Waals surface area contributed by atoms with Crippen molar-refractivity contribution in [2.24, 2.45) is 0 Å². The Balaban J connectivity index is 2.14. The maximum atomic E-state index is 12.5. The zero-order valence-electron chi connectivity index (χ0n) is 11.1. The number of amides is 1. The van der Waals surface area contributed by atoms with Crippen molar-refractivity contribution < 1.29 is 27.1 Å². The van der Waals surface area contributed by atoms with Crippen LogP contribution in [0.5, 0.6) is 5.75 Å². The van der Waals surface area contributed by atoms with Gasteiger partial charge in [-0.15, -0.1) is 0 Å². The van der Waals surface area contributed by atoms with Crippen LogP contribution in [0.15, 0.2) is 33.2 Å². The number of hydrogen-bond donors (Lipinski definition) is 0. The fourth-order valence-electron chi connectivity index (χ4n) is 1.93. The Morgan fingerprint density at radius 1 is 1.43 bits per heavy atom. The highest BCUT2D eigenvalue weighted by atomic mass is 19.4. The second-order valence-electron chi connectivity index (χ2n) is 4.41. The quantitative estimate of drug-likeness (QED) is 0.784. The van der Waals surface area contributed by atoms with Crippen LogP contribution < -0.4 is 10.2 Å². The number of carbonyl (C=O) groups is 1. The third-order valence-electron chi connectivity index (χ3n) is 3.09. The summed E-state index contributed by atoms with van der Waals surface area (Å²) >= 11 is 0. The van der Waals surface area contributed by atoms with E-state index in [9.17, 15) is 22.8 Å². The Hall–Kier alpha value is -2.25. The Kier molecular flexibility index (Phi) is 4.06. The monoisotopic (exact) mass is 303 g/mol. The second kappa shape index (κ2) is 5.63. The van der Waals surface area contributed by atoms with Crippen LogP contribution in [0.1, 0.15) is 17.0 Å². The first-order valence-electron chi connectivity index (χ1n) is 6.05. The van der Waals surface area contributed by atoms with E-state index < -0.39 is 23.1 Å². The standard InChI is InChI=1S/C13H12F3NO4/c1-20-11-7-21-10(6-9(11)18)12(19)17-4-2-8(3-5-17)13(14,15)16/h2,6-7H,3-5H2,1H3. The lowest BCUT2D eigenvalue weighted by Crippen LogP contribution is -2.37. The van der Waals surface area contributed by atoms with Crippen LogP contribution in [0.4, 0.5) is 13.2 Å². The number of rotatable bonds is 2. The molecule has 2 rings (SSSR count). The lowest BCUT2D eigenvalue weighted by molar-refractivity contribution is -0.0957. The van der Waals surface area contributed by atoms with Gasteiger partial charge in [0.05, 0.1) is 7.11 Å². The third kappa shape index (κ3) is 3.26. The molecule has 0 atom stereocenters. The number of ether oxygens (including phenoxy) is 1. The van der Waals surface area contributed by atoms with Crippen molar-refractivity contribution in [3.63, 3.8) is 0 Å². The molecule has 0 bridgehead atoms. The summed E-state index contributed by atoms with van der Waals surface area (Å²) in [6.07, 6.45) is -2.70. The molecule has 0 saturated carbocycles. The van der Waals surface area contributed by atoms with E-state index in [0.29, 0.717) is 0 Å². The number of halogens is 3. The Morgan fingerprint density at radius 2 is 2.14 bits per heavy atom. The van der Waals surface area contributed by atoms with E-state index in [0.717, 1.165) is 18.4 Å². The van der Waals surface area contributed by atoms with Gasteiger partial charge in [-0.3, -0.25) is 9.59 Å². The number of nitrogens with zero attached hydrogens (tertiary/aromatic N) is 1. The van der Waals surface area contributed by atoms with Crippen LogP contribution in [0.3, 0.4) is 0 Å². The van der Waals surface area contributed by atoms with E-state index in [-0.39, 0.29) is 31.0 Å². The van der Waals surface area contributed by atoms with Gasteiger partial charge in [0.15, 0.2) is 5.76 Å². The van der Waals surface area contributed by atoms with E-state index in [4.69, 9.17) is 9.15 Å². The van der Waals surface area contributed by atoms with E-state index in [1.54, 1.807) is 0 Å². The predicted molar refractivity (Wildman–Crippen MR) is 66.2 cm³/mol. The van der Waals surface area contributed by atoms with Gasteiger partial charge < -0.3 is 14.1 Å². The first-order valence-corrected chi connectivity index (χ1v) is 6.05. The average Bonchev–Trinajstić information content (AvgIpc) is 2.45. The van der Waals surface area contributed by atoms with Crippen LogP contribution in [0, 0.1) is 0 Å². The van der Waals surface area contributed by atoms with Gasteiger partial charge in [-0.05, 0) is 6.42 Å². The molecule has 1 aromatic rings. The molecule has 1 amide bonds. The Morgan fingerprint density at radius 3 is 2.62 bits per heavy atom. The summed E-state index contributed by atoms with van der Waals surface area (Å²) in [7, 11) is 1.28. The van der Waals surface area contributed by atoms with Crippen molar-refractivity contribution in [3.8, 4) is 5.75 Å². The molecule has 2 heterocycles. The largest absolute Gasteiger partial charge is 0.490 e. The van der Waals surface area contributed by atoms with Gasteiger partial charge in [0.25, 0.3) is 5.91 Å². The summed E-state index contributed by atoms with van der Waals surface area (Å²) in [5.41, 5.74) is -1.18. The lowest BCUT2D eigenvalue weighted by Gasteiger charge is -2.26. The first kappa shape index (κ1) is 15.1. The summed E-state index contributed by atoms with van der Waals surface area (Å²) in [4.78, 5) is 24.8. The number of methoxy groups -OCH3 is 1. The van der Waals surface area contributed by atoms with Gasteiger partial charge in [-0.25, -0.2) is 0 Å². The predicted octanol–water partition coefficient (Wildman–Crippen LogP) is 1.98. The molecule has 0 aliphatic carbocycles. The molecule has 0 spiro atoms. The highest BCUT2D eigenvalue weighted by molar-refractivity contribution is 5.91. The van der Waals surface area contributed by atoms with Crippen molar-refractivity contribution in [2.45, 2.75) is 12.6 Å². The smallest absolute Gasteiger partial charge is 0.412 e. The van der Waals surface area contributed by atoms with Crippen LogP contribution >= 0.6 is 0 Å². The molecule has 5 nitrogen and oxygen atoms in total. The summed E-state index contributed by atoms with van der Waals surface area (Å²) in [5, 5.41) is 0. The molecule has 8 heteroatoms. The molecule has 0 saturated heterocycles. The molecule has 0 radical (unpaired) electrons. The highest BCUT2D eigenvalue weighted by Gasteiger charge is 2.35. The number of hydrogen-bond acceptors (Lipinski definition) is 4. The fraction of sp³-hybridized carbons (Fsp3) is 0.385. The molecule has 114 valence electrons. The van der Waals surface area contributed by atoms with E-state index >= 15 is 0 Å². The van der Waals surface area contributed by atoms with Crippen LogP contribution in [-0.2, 0) is 0 Å². The van der Waals surface area contributed by atoms with Crippen molar-refractivity contribution in [1.82, 2.24) is 4.90 Å². The summed E-state index contributed by atoms with van der Waals surface area (Å²) in [6, 6.07) is 0.962. The minimum absolute atomic E-state index is 0.0514. The minimum atomic E-state index is -4.37. The van der Waals surface area contributed by atoms with E-state index in [1.807, 2.05) is 0 Å². The fourth-order valence-corrected chi connectivity index (χ4v) is 1.93. The third-order valence-corrected chi connectivity index (χ3v) is 3.09. The Labute approximate surface area is 117 Å². The van der Waals surface area contributed by atoms with E-state index in [2.05, 4.69) is 0 Å². The molecule has 0 unspecified atom stereocenters. The normalized spacial score (nSPS) is 15.6. The van der Waals surface area contributed by atoms with Crippen molar-refractivity contribution >= 4 is 5.91 Å². The van der Waals surface area contributed by atoms with Crippen molar-refractivity contribution in [2.75, 3.05) is 20.2 Å². The maximum Gasteiger partial charge on any atom is 0.412 e. The SMILES string of the molecule is COc1coc(C(=O)N2CC=C(C(F)(F)F)CC2)cc1=O. The van der Waals surface area contributed by atoms with Gasteiger partial charge in [0.2, 0.25) is 11.2 Å². The molecular formula is C13H12F3NO4. The molecule has 0 N–H and O–H groups in total. The average molecular weight is 303 g/mol. The highest BCUT2D eigenvalue weighted by Crippen LogP contribution is 2.30. The van der Waals surface area contributed by atoms with Crippen LogP contribution in [0.25, 0.3) is 0 Å². The van der Waals surface area contributed by atoms with E-state index in [1.165, 1.54) is 12.0 Å². The first-order chi connectivity index (χ1) is 9.82. The molecule has 1 aliphatic rings. The molecule has 1 aliphatic heterocycles. The minimum Gasteiger partial charge on any atom is -0.490 e. The summed E-state index contributed by atoms with van der Waals surface area (Å²) in [5.74, 6) is -0.915. The topological polar surface area (TPSA) is 59.8 Å². The molecule has 0 aromatic carbocycles. The van der Waals surface area contributed by atoms with Crippen LogP contribution in [0.2, 0.25) is 0 Å². The van der Waals surface area contributed by atoms with Gasteiger partial charge in [-0.1, -0.05) is 6.08 Å². The molecule has 0 fully saturated rings.